The standard InChI is InChI=1S/C14H16BrClN2O2/c15-10-7-13-12(17-14(19)18-13)6-9(10)11(16)4-3-8-2-1-5-20-8/h6-8,11H,1-5H2,(H2,17,18,19). The molecule has 0 radical (unpaired) electrons. The summed E-state index contributed by atoms with van der Waals surface area (Å²) >= 11 is 10.0. The molecule has 1 aliphatic rings. The van der Waals surface area contributed by atoms with E-state index < -0.39 is 0 Å². The number of aromatic nitrogens is 2. The second-order valence-corrected chi connectivity index (χ2v) is 6.56. The zero-order chi connectivity index (χ0) is 14.1. The fourth-order valence-electron chi connectivity index (χ4n) is 2.67. The van der Waals surface area contributed by atoms with Crippen LogP contribution in [-0.4, -0.2) is 22.7 Å². The van der Waals surface area contributed by atoms with E-state index in [0.29, 0.717) is 6.10 Å². The molecule has 6 heteroatoms. The van der Waals surface area contributed by atoms with Crippen LogP contribution in [0.25, 0.3) is 11.0 Å². The van der Waals surface area contributed by atoms with Gasteiger partial charge in [-0.3, -0.25) is 0 Å². The molecule has 0 amide bonds. The third kappa shape index (κ3) is 2.95. The van der Waals surface area contributed by atoms with Crippen molar-refractivity contribution in [1.29, 1.82) is 0 Å². The molecule has 108 valence electrons. The Kier molecular flexibility index (Phi) is 4.19. The Morgan fingerprint density at radius 2 is 2.15 bits per heavy atom. The molecular formula is C14H16BrClN2O2. The Balaban J connectivity index is 1.77. The number of H-pyrrole nitrogens is 2. The van der Waals surface area contributed by atoms with E-state index in [0.717, 1.165) is 53.4 Å². The van der Waals surface area contributed by atoms with E-state index in [1.165, 1.54) is 0 Å². The monoisotopic (exact) mass is 358 g/mol. The van der Waals surface area contributed by atoms with E-state index in [1.807, 2.05) is 12.1 Å². The molecule has 2 unspecified atom stereocenters. The lowest BCUT2D eigenvalue weighted by Gasteiger charge is -2.15. The number of halogens is 2. The maximum absolute atomic E-state index is 11.3. The van der Waals surface area contributed by atoms with E-state index >= 15 is 0 Å². The third-order valence-electron chi connectivity index (χ3n) is 3.74. The molecule has 0 spiro atoms. The lowest BCUT2D eigenvalue weighted by atomic mass is 10.0. The first-order valence-corrected chi connectivity index (χ1v) is 8.03. The highest BCUT2D eigenvalue weighted by molar-refractivity contribution is 9.10. The van der Waals surface area contributed by atoms with Crippen molar-refractivity contribution in [2.45, 2.75) is 37.2 Å². The highest BCUT2D eigenvalue weighted by Gasteiger charge is 2.19. The number of ether oxygens (including phenoxy) is 1. The maximum Gasteiger partial charge on any atom is 0.323 e. The molecule has 1 aromatic carbocycles. The van der Waals surface area contributed by atoms with Gasteiger partial charge < -0.3 is 14.7 Å². The molecular weight excluding hydrogens is 344 g/mol. The quantitative estimate of drug-likeness (QED) is 0.814. The van der Waals surface area contributed by atoms with Gasteiger partial charge in [-0.15, -0.1) is 11.6 Å². The van der Waals surface area contributed by atoms with Gasteiger partial charge in [0.1, 0.15) is 0 Å². The zero-order valence-electron chi connectivity index (χ0n) is 10.9. The van der Waals surface area contributed by atoms with Crippen molar-refractivity contribution in [3.63, 3.8) is 0 Å². The molecule has 0 aliphatic carbocycles. The van der Waals surface area contributed by atoms with E-state index in [2.05, 4.69) is 25.9 Å². The van der Waals surface area contributed by atoms with E-state index in [-0.39, 0.29) is 11.1 Å². The first-order valence-electron chi connectivity index (χ1n) is 6.80. The molecule has 1 aromatic heterocycles. The van der Waals surface area contributed by atoms with Crippen molar-refractivity contribution in [2.24, 2.45) is 0 Å². The van der Waals surface area contributed by atoms with Crippen LogP contribution < -0.4 is 5.69 Å². The van der Waals surface area contributed by atoms with Crippen LogP contribution in [0.4, 0.5) is 0 Å². The van der Waals surface area contributed by atoms with Gasteiger partial charge in [-0.2, -0.15) is 0 Å². The molecule has 1 fully saturated rings. The second-order valence-electron chi connectivity index (χ2n) is 5.18. The largest absolute Gasteiger partial charge is 0.378 e. The molecule has 2 aromatic rings. The minimum atomic E-state index is -0.200. The summed E-state index contributed by atoms with van der Waals surface area (Å²) in [5.74, 6) is 0. The predicted octanol–water partition coefficient (Wildman–Crippen LogP) is 3.86. The van der Waals surface area contributed by atoms with Crippen molar-refractivity contribution in [2.75, 3.05) is 6.61 Å². The Morgan fingerprint density at radius 3 is 2.85 bits per heavy atom. The highest BCUT2D eigenvalue weighted by atomic mass is 79.9. The first kappa shape index (κ1) is 14.2. The van der Waals surface area contributed by atoms with Gasteiger partial charge in [-0.05, 0) is 43.4 Å². The number of hydrogen-bond donors (Lipinski definition) is 2. The SMILES string of the molecule is O=c1[nH]c2cc(Br)c(C(Cl)CCC3CCCO3)cc2[nH]1. The number of benzene rings is 1. The Bertz CT molecular complexity index is 661. The second kappa shape index (κ2) is 5.92. The molecule has 0 saturated carbocycles. The Morgan fingerprint density at radius 1 is 1.40 bits per heavy atom. The van der Waals surface area contributed by atoms with E-state index in [1.54, 1.807) is 0 Å². The zero-order valence-corrected chi connectivity index (χ0v) is 13.3. The smallest absolute Gasteiger partial charge is 0.323 e. The predicted molar refractivity (Wildman–Crippen MR) is 83.4 cm³/mol. The van der Waals surface area contributed by atoms with Gasteiger partial charge in [0, 0.05) is 11.1 Å². The lowest BCUT2D eigenvalue weighted by molar-refractivity contribution is 0.102. The fourth-order valence-corrected chi connectivity index (χ4v) is 3.73. The molecule has 0 bridgehead atoms. The van der Waals surface area contributed by atoms with Crippen LogP contribution in [0.5, 0.6) is 0 Å². The van der Waals surface area contributed by atoms with Crippen LogP contribution in [0.2, 0.25) is 0 Å². The minimum absolute atomic E-state index is 0.0867. The first-order chi connectivity index (χ1) is 9.63. The van der Waals surface area contributed by atoms with Crippen LogP contribution in [0.1, 0.15) is 36.6 Å². The van der Waals surface area contributed by atoms with Gasteiger partial charge >= 0.3 is 5.69 Å². The molecule has 1 aliphatic heterocycles. The van der Waals surface area contributed by atoms with Crippen molar-refractivity contribution in [3.8, 4) is 0 Å². The average Bonchev–Trinajstić information content (AvgIpc) is 3.03. The topological polar surface area (TPSA) is 57.9 Å². The van der Waals surface area contributed by atoms with Crippen LogP contribution in [-0.2, 0) is 4.74 Å². The summed E-state index contributed by atoms with van der Waals surface area (Å²) < 4.78 is 6.54. The number of rotatable bonds is 4. The van der Waals surface area contributed by atoms with E-state index in [9.17, 15) is 4.79 Å². The molecule has 4 nitrogen and oxygen atoms in total. The summed E-state index contributed by atoms with van der Waals surface area (Å²) in [7, 11) is 0. The van der Waals surface area contributed by atoms with Crippen molar-refractivity contribution < 1.29 is 4.74 Å². The van der Waals surface area contributed by atoms with Gasteiger partial charge in [0.25, 0.3) is 0 Å². The Hall–Kier alpha value is -0.780. The average molecular weight is 360 g/mol. The van der Waals surface area contributed by atoms with Crippen molar-refractivity contribution in [3.05, 3.63) is 32.7 Å². The lowest BCUT2D eigenvalue weighted by Crippen LogP contribution is -2.06. The number of alkyl halides is 1. The van der Waals surface area contributed by atoms with Crippen LogP contribution >= 0.6 is 27.5 Å². The molecule has 1 saturated heterocycles. The molecule has 20 heavy (non-hydrogen) atoms. The van der Waals surface area contributed by atoms with Gasteiger partial charge in [0.2, 0.25) is 0 Å². The normalized spacial score (nSPS) is 20.6. The molecule has 2 N–H and O–H groups in total. The minimum Gasteiger partial charge on any atom is -0.378 e. The summed E-state index contributed by atoms with van der Waals surface area (Å²) in [6.07, 6.45) is 4.48. The van der Waals surface area contributed by atoms with Crippen LogP contribution in [0, 0.1) is 0 Å². The fraction of sp³-hybridized carbons (Fsp3) is 0.500. The number of imidazole rings is 1. The summed E-state index contributed by atoms with van der Waals surface area (Å²) in [5, 5.41) is -0.0867. The molecule has 3 rings (SSSR count). The summed E-state index contributed by atoms with van der Waals surface area (Å²) in [6.45, 7) is 0.873. The summed E-state index contributed by atoms with van der Waals surface area (Å²) in [5.41, 5.74) is 2.38. The van der Waals surface area contributed by atoms with E-state index in [4.69, 9.17) is 16.3 Å². The number of hydrogen-bond acceptors (Lipinski definition) is 2. The summed E-state index contributed by atoms with van der Waals surface area (Å²) in [6, 6.07) is 3.83. The number of nitrogens with one attached hydrogen (secondary N) is 2. The third-order valence-corrected chi connectivity index (χ3v) is 4.88. The van der Waals surface area contributed by atoms with Gasteiger partial charge in [-0.25, -0.2) is 4.79 Å². The van der Waals surface area contributed by atoms with Gasteiger partial charge in [-0.1, -0.05) is 15.9 Å². The van der Waals surface area contributed by atoms with Gasteiger partial charge in [0.05, 0.1) is 22.5 Å². The summed E-state index contributed by atoms with van der Waals surface area (Å²) in [4.78, 5) is 16.8. The van der Waals surface area contributed by atoms with Crippen molar-refractivity contribution >= 4 is 38.6 Å². The molecule has 2 atom stereocenters. The van der Waals surface area contributed by atoms with Crippen molar-refractivity contribution in [1.82, 2.24) is 9.97 Å². The highest BCUT2D eigenvalue weighted by Crippen LogP contribution is 2.35. The van der Waals surface area contributed by atoms with Crippen LogP contribution in [0.3, 0.4) is 0 Å². The number of fused-ring (bicyclic) bond motifs is 1. The van der Waals surface area contributed by atoms with Crippen LogP contribution in [0.15, 0.2) is 21.4 Å². The van der Waals surface area contributed by atoms with Gasteiger partial charge in [0.15, 0.2) is 0 Å². The maximum atomic E-state index is 11.3. The number of aromatic amines is 2. The molecule has 2 heterocycles. The Labute approximate surface area is 130 Å².